The summed E-state index contributed by atoms with van der Waals surface area (Å²) in [5.41, 5.74) is 0. The van der Waals surface area contributed by atoms with Crippen LogP contribution in [0.3, 0.4) is 0 Å². The van der Waals surface area contributed by atoms with E-state index in [0.717, 1.165) is 26.4 Å². The van der Waals surface area contributed by atoms with E-state index in [2.05, 4.69) is 4.74 Å². The van der Waals surface area contributed by atoms with Gasteiger partial charge in [0.05, 0.1) is 13.7 Å². The molecule has 1 unspecified atom stereocenters. The van der Waals surface area contributed by atoms with E-state index < -0.39 is 27.8 Å². The van der Waals surface area contributed by atoms with Gasteiger partial charge in [-0.15, -0.1) is 0 Å². The van der Waals surface area contributed by atoms with Crippen LogP contribution in [0.4, 0.5) is 0 Å². The first-order chi connectivity index (χ1) is 8.01. The molecule has 0 aromatic carbocycles. The van der Waals surface area contributed by atoms with E-state index in [-0.39, 0.29) is 6.61 Å². The Bertz CT molecular complexity index is 354. The molecule has 1 aliphatic heterocycles. The Hall–Kier alpha value is -0.660. The summed E-state index contributed by atoms with van der Waals surface area (Å²) in [7, 11) is -2.52. The van der Waals surface area contributed by atoms with Crippen LogP contribution < -0.4 is 0 Å². The molecule has 7 heteroatoms. The molecular weight excluding hydrogens is 246 g/mol. The fraction of sp³-hybridized carbons (Fsp3) is 0.900. The second-order valence-corrected chi connectivity index (χ2v) is 6.05. The predicted octanol–water partition coefficient (Wildman–Crippen LogP) is -0.274. The number of hydrogen-bond acceptors (Lipinski definition) is 5. The normalized spacial score (nSPS) is 23.1. The molecule has 0 radical (unpaired) electrons. The molecule has 0 bridgehead atoms. The maximum atomic E-state index is 12.0. The van der Waals surface area contributed by atoms with Crippen LogP contribution in [0.1, 0.15) is 25.7 Å². The Balaban J connectivity index is 2.82. The van der Waals surface area contributed by atoms with Gasteiger partial charge in [0, 0.05) is 12.6 Å². The molecular formula is C10H19NO5S. The molecule has 0 aromatic heterocycles. The van der Waals surface area contributed by atoms with E-state index in [4.69, 9.17) is 0 Å². The molecule has 1 atom stereocenters. The number of esters is 1. The predicted molar refractivity (Wildman–Crippen MR) is 61.9 cm³/mol. The highest BCUT2D eigenvalue weighted by atomic mass is 32.2. The van der Waals surface area contributed by atoms with Crippen LogP contribution in [-0.2, 0) is 19.6 Å². The summed E-state index contributed by atoms with van der Waals surface area (Å²) in [5, 5.41) is 9.22. The van der Waals surface area contributed by atoms with Gasteiger partial charge in [0.1, 0.15) is 0 Å². The number of carbonyl (C=O) groups excluding carboxylic acids is 1. The second-order valence-electron chi connectivity index (χ2n) is 4.13. The first-order valence-electron chi connectivity index (χ1n) is 5.68. The standard InChI is InChI=1S/C10H19NO5S/c1-16-10(13)8-17(14,15)11-6-4-2-3-5-9(11)7-12/h9,12H,2-8H2,1H3. The van der Waals surface area contributed by atoms with Crippen LogP contribution in [0.15, 0.2) is 0 Å². The highest BCUT2D eigenvalue weighted by Gasteiger charge is 2.32. The Morgan fingerprint density at radius 1 is 1.41 bits per heavy atom. The molecule has 100 valence electrons. The van der Waals surface area contributed by atoms with Crippen molar-refractivity contribution in [2.75, 3.05) is 26.0 Å². The van der Waals surface area contributed by atoms with Crippen LogP contribution in [0.25, 0.3) is 0 Å². The summed E-state index contributed by atoms with van der Waals surface area (Å²) in [5.74, 6) is -1.43. The Morgan fingerprint density at radius 3 is 2.71 bits per heavy atom. The molecule has 1 saturated heterocycles. The zero-order valence-corrected chi connectivity index (χ0v) is 10.8. The average Bonchev–Trinajstić information content (AvgIpc) is 2.53. The Morgan fingerprint density at radius 2 is 2.12 bits per heavy atom. The summed E-state index contributed by atoms with van der Waals surface area (Å²) in [4.78, 5) is 11.1. The van der Waals surface area contributed by atoms with Crippen LogP contribution >= 0.6 is 0 Å². The van der Waals surface area contributed by atoms with Gasteiger partial charge in [-0.05, 0) is 12.8 Å². The second kappa shape index (κ2) is 6.32. The number of rotatable bonds is 4. The van der Waals surface area contributed by atoms with Crippen LogP contribution in [-0.4, -0.2) is 55.9 Å². The van der Waals surface area contributed by atoms with E-state index in [1.54, 1.807) is 0 Å². The fourth-order valence-electron chi connectivity index (χ4n) is 1.99. The zero-order chi connectivity index (χ0) is 12.9. The van der Waals surface area contributed by atoms with Gasteiger partial charge < -0.3 is 9.84 Å². The SMILES string of the molecule is COC(=O)CS(=O)(=O)N1CCCCCC1CO. The number of nitrogens with zero attached hydrogens (tertiary/aromatic N) is 1. The van der Waals surface area contributed by atoms with Crippen molar-refractivity contribution in [3.05, 3.63) is 0 Å². The van der Waals surface area contributed by atoms with E-state index in [1.165, 1.54) is 4.31 Å². The summed E-state index contributed by atoms with van der Waals surface area (Å²) < 4.78 is 29.6. The summed E-state index contributed by atoms with van der Waals surface area (Å²) in [6, 6.07) is -0.410. The third kappa shape index (κ3) is 3.93. The van der Waals surface area contributed by atoms with Crippen molar-refractivity contribution in [1.82, 2.24) is 4.31 Å². The smallest absolute Gasteiger partial charge is 0.322 e. The molecule has 0 spiro atoms. The van der Waals surface area contributed by atoms with Crippen molar-refractivity contribution >= 4 is 16.0 Å². The van der Waals surface area contributed by atoms with E-state index >= 15 is 0 Å². The molecule has 0 amide bonds. The molecule has 1 fully saturated rings. The third-order valence-electron chi connectivity index (χ3n) is 2.92. The van der Waals surface area contributed by atoms with E-state index in [1.807, 2.05) is 0 Å². The van der Waals surface area contributed by atoms with Gasteiger partial charge in [-0.25, -0.2) is 8.42 Å². The molecule has 0 aromatic rings. The first kappa shape index (κ1) is 14.4. The number of aliphatic hydroxyl groups is 1. The molecule has 1 rings (SSSR count). The largest absolute Gasteiger partial charge is 0.468 e. The Labute approximate surface area is 102 Å². The van der Waals surface area contributed by atoms with Crippen molar-refractivity contribution in [3.8, 4) is 0 Å². The number of carbonyl (C=O) groups is 1. The minimum Gasteiger partial charge on any atom is -0.468 e. The lowest BCUT2D eigenvalue weighted by Gasteiger charge is -2.27. The molecule has 1 N–H and O–H groups in total. The number of methoxy groups -OCH3 is 1. The molecule has 1 aliphatic rings. The first-order valence-corrected chi connectivity index (χ1v) is 7.29. The molecule has 0 saturated carbocycles. The minimum absolute atomic E-state index is 0.208. The van der Waals surface area contributed by atoms with E-state index in [0.29, 0.717) is 13.0 Å². The van der Waals surface area contributed by atoms with Crippen molar-refractivity contribution in [1.29, 1.82) is 0 Å². The highest BCUT2D eigenvalue weighted by Crippen LogP contribution is 2.20. The molecule has 0 aliphatic carbocycles. The van der Waals surface area contributed by atoms with Crippen molar-refractivity contribution in [3.63, 3.8) is 0 Å². The highest BCUT2D eigenvalue weighted by molar-refractivity contribution is 7.89. The summed E-state index contributed by atoms with van der Waals surface area (Å²) in [6.07, 6.45) is 3.24. The van der Waals surface area contributed by atoms with Gasteiger partial charge in [0.2, 0.25) is 10.0 Å². The molecule has 6 nitrogen and oxygen atoms in total. The Kier molecular flexibility index (Phi) is 5.35. The van der Waals surface area contributed by atoms with Gasteiger partial charge in [0.25, 0.3) is 0 Å². The zero-order valence-electron chi connectivity index (χ0n) is 9.96. The number of hydrogen-bond donors (Lipinski definition) is 1. The monoisotopic (exact) mass is 265 g/mol. The van der Waals surface area contributed by atoms with Gasteiger partial charge in [-0.1, -0.05) is 12.8 Å². The fourth-order valence-corrected chi connectivity index (χ4v) is 3.61. The topological polar surface area (TPSA) is 83.9 Å². The molecule has 1 heterocycles. The molecule has 17 heavy (non-hydrogen) atoms. The van der Waals surface area contributed by atoms with Gasteiger partial charge in [-0.3, -0.25) is 4.79 Å². The average molecular weight is 265 g/mol. The van der Waals surface area contributed by atoms with Crippen LogP contribution in [0, 0.1) is 0 Å². The maximum absolute atomic E-state index is 12.0. The van der Waals surface area contributed by atoms with Crippen molar-refractivity contribution in [2.45, 2.75) is 31.7 Å². The number of aliphatic hydroxyl groups excluding tert-OH is 1. The lowest BCUT2D eigenvalue weighted by Crippen LogP contribution is -2.44. The maximum Gasteiger partial charge on any atom is 0.322 e. The lowest BCUT2D eigenvalue weighted by atomic mass is 10.1. The van der Waals surface area contributed by atoms with Gasteiger partial charge >= 0.3 is 5.97 Å². The number of sulfonamides is 1. The van der Waals surface area contributed by atoms with Crippen molar-refractivity contribution < 1.29 is 23.1 Å². The van der Waals surface area contributed by atoms with Gasteiger partial charge in [0.15, 0.2) is 5.75 Å². The quantitative estimate of drug-likeness (QED) is 0.707. The van der Waals surface area contributed by atoms with Crippen LogP contribution in [0.2, 0.25) is 0 Å². The van der Waals surface area contributed by atoms with E-state index in [9.17, 15) is 18.3 Å². The third-order valence-corrected chi connectivity index (χ3v) is 4.71. The van der Waals surface area contributed by atoms with Gasteiger partial charge in [-0.2, -0.15) is 4.31 Å². The van der Waals surface area contributed by atoms with Crippen LogP contribution in [0.5, 0.6) is 0 Å². The number of ether oxygens (including phenoxy) is 1. The lowest BCUT2D eigenvalue weighted by molar-refractivity contribution is -0.137. The summed E-state index contributed by atoms with van der Waals surface area (Å²) in [6.45, 7) is 0.158. The summed E-state index contributed by atoms with van der Waals surface area (Å²) >= 11 is 0. The minimum atomic E-state index is -3.68. The van der Waals surface area contributed by atoms with Crippen molar-refractivity contribution in [2.24, 2.45) is 0 Å².